The lowest BCUT2D eigenvalue weighted by atomic mass is 10.1. The molecule has 0 radical (unpaired) electrons. The number of aromatic nitrogens is 3. The third kappa shape index (κ3) is 8.64. The van der Waals surface area contributed by atoms with Crippen LogP contribution in [0.3, 0.4) is 0 Å². The highest BCUT2D eigenvalue weighted by atomic mass is 15.2. The smallest absolute Gasteiger partial charge is 0.229 e. The van der Waals surface area contributed by atoms with Crippen LogP contribution in [0.5, 0.6) is 0 Å². The zero-order valence-corrected chi connectivity index (χ0v) is 14.4. The van der Waals surface area contributed by atoms with Gasteiger partial charge in [0.2, 0.25) is 17.8 Å². The van der Waals surface area contributed by atoms with Crippen LogP contribution in [0, 0.1) is 5.92 Å². The molecule has 0 aliphatic heterocycles. The largest absolute Gasteiger partial charge is 0.368 e. The summed E-state index contributed by atoms with van der Waals surface area (Å²) in [5, 5.41) is 6.45. The predicted octanol–water partition coefficient (Wildman–Crippen LogP) is 3.68. The Bertz CT molecular complexity index is 408. The summed E-state index contributed by atoms with van der Waals surface area (Å²) in [4.78, 5) is 12.6. The zero-order valence-electron chi connectivity index (χ0n) is 14.4. The molecule has 22 heavy (non-hydrogen) atoms. The van der Waals surface area contributed by atoms with E-state index in [2.05, 4.69) is 46.4 Å². The Hall–Kier alpha value is -1.59. The highest BCUT2D eigenvalue weighted by Gasteiger charge is 2.04. The molecule has 0 saturated carbocycles. The fraction of sp³-hybridized carbons (Fsp3) is 0.812. The van der Waals surface area contributed by atoms with Crippen LogP contribution in [0.4, 0.5) is 17.8 Å². The Labute approximate surface area is 134 Å². The molecule has 0 aromatic carbocycles. The van der Waals surface area contributed by atoms with Crippen molar-refractivity contribution in [3.63, 3.8) is 0 Å². The molecule has 0 amide bonds. The van der Waals surface area contributed by atoms with Crippen molar-refractivity contribution in [3.8, 4) is 0 Å². The number of nitrogens with two attached hydrogens (primary N) is 1. The second-order valence-electron chi connectivity index (χ2n) is 6.14. The number of hydrogen-bond acceptors (Lipinski definition) is 6. The lowest BCUT2D eigenvalue weighted by Gasteiger charge is -2.09. The van der Waals surface area contributed by atoms with E-state index in [9.17, 15) is 0 Å². The zero-order chi connectivity index (χ0) is 16.2. The summed E-state index contributed by atoms with van der Waals surface area (Å²) in [6.45, 7) is 8.41. The van der Waals surface area contributed by atoms with Crippen molar-refractivity contribution in [3.05, 3.63) is 0 Å². The van der Waals surface area contributed by atoms with Gasteiger partial charge in [-0.25, -0.2) is 0 Å². The quantitative estimate of drug-likeness (QED) is 0.510. The van der Waals surface area contributed by atoms with Crippen molar-refractivity contribution in [2.45, 2.75) is 65.7 Å². The fourth-order valence-electron chi connectivity index (χ4n) is 2.19. The minimum absolute atomic E-state index is 0.259. The van der Waals surface area contributed by atoms with Gasteiger partial charge < -0.3 is 16.4 Å². The van der Waals surface area contributed by atoms with Crippen LogP contribution in [-0.4, -0.2) is 28.0 Å². The number of rotatable bonds is 12. The molecule has 0 aliphatic rings. The van der Waals surface area contributed by atoms with Gasteiger partial charge in [-0.2, -0.15) is 15.0 Å². The molecule has 6 heteroatoms. The van der Waals surface area contributed by atoms with E-state index in [0.29, 0.717) is 11.9 Å². The monoisotopic (exact) mass is 308 g/mol. The SMILES string of the molecule is CCCCCCCNc1nc(N)nc(NCCCC(C)C)n1. The molecule has 1 rings (SSSR count). The third-order valence-electron chi connectivity index (χ3n) is 3.46. The Kier molecular flexibility index (Phi) is 9.26. The molecule has 4 N–H and O–H groups in total. The Morgan fingerprint density at radius 3 is 2.05 bits per heavy atom. The van der Waals surface area contributed by atoms with Crippen LogP contribution in [-0.2, 0) is 0 Å². The second-order valence-corrected chi connectivity index (χ2v) is 6.14. The molecule has 1 aromatic heterocycles. The molecule has 1 aromatic rings. The summed E-state index contributed by atoms with van der Waals surface area (Å²) in [6, 6.07) is 0. The van der Waals surface area contributed by atoms with E-state index in [0.717, 1.165) is 31.8 Å². The first-order chi connectivity index (χ1) is 10.6. The maximum absolute atomic E-state index is 5.74. The van der Waals surface area contributed by atoms with Crippen molar-refractivity contribution in [2.75, 3.05) is 29.5 Å². The van der Waals surface area contributed by atoms with Gasteiger partial charge in [-0.15, -0.1) is 0 Å². The van der Waals surface area contributed by atoms with Gasteiger partial charge in [0.25, 0.3) is 0 Å². The Morgan fingerprint density at radius 1 is 0.864 bits per heavy atom. The molecular weight excluding hydrogens is 276 g/mol. The first-order valence-corrected chi connectivity index (χ1v) is 8.61. The summed E-state index contributed by atoms with van der Waals surface area (Å²) in [7, 11) is 0. The van der Waals surface area contributed by atoms with Crippen LogP contribution in [0.25, 0.3) is 0 Å². The van der Waals surface area contributed by atoms with Crippen molar-refractivity contribution in [2.24, 2.45) is 5.92 Å². The number of nitrogens with zero attached hydrogens (tertiary/aromatic N) is 3. The number of anilines is 3. The summed E-state index contributed by atoms with van der Waals surface area (Å²) in [5.74, 6) is 2.10. The number of hydrogen-bond donors (Lipinski definition) is 3. The molecule has 0 aliphatic carbocycles. The number of nitrogens with one attached hydrogen (secondary N) is 2. The fourth-order valence-corrected chi connectivity index (χ4v) is 2.19. The Morgan fingerprint density at radius 2 is 1.45 bits per heavy atom. The minimum atomic E-state index is 0.259. The minimum Gasteiger partial charge on any atom is -0.368 e. The average Bonchev–Trinajstić information content (AvgIpc) is 2.46. The van der Waals surface area contributed by atoms with Crippen molar-refractivity contribution < 1.29 is 0 Å². The number of nitrogen functional groups attached to an aromatic ring is 1. The third-order valence-corrected chi connectivity index (χ3v) is 3.46. The summed E-state index contributed by atoms with van der Waals surface area (Å²) >= 11 is 0. The molecule has 0 fully saturated rings. The first kappa shape index (κ1) is 18.5. The van der Waals surface area contributed by atoms with Crippen molar-refractivity contribution in [1.29, 1.82) is 0 Å². The lowest BCUT2D eigenvalue weighted by Crippen LogP contribution is -2.12. The van der Waals surface area contributed by atoms with Crippen LogP contribution >= 0.6 is 0 Å². The van der Waals surface area contributed by atoms with Gasteiger partial charge in [-0.3, -0.25) is 0 Å². The van der Waals surface area contributed by atoms with Gasteiger partial charge >= 0.3 is 0 Å². The van der Waals surface area contributed by atoms with Crippen LogP contribution < -0.4 is 16.4 Å². The lowest BCUT2D eigenvalue weighted by molar-refractivity contribution is 0.566. The topological polar surface area (TPSA) is 88.8 Å². The highest BCUT2D eigenvalue weighted by molar-refractivity contribution is 5.39. The molecule has 1 heterocycles. The van der Waals surface area contributed by atoms with E-state index >= 15 is 0 Å². The van der Waals surface area contributed by atoms with Crippen molar-refractivity contribution >= 4 is 17.8 Å². The maximum Gasteiger partial charge on any atom is 0.229 e. The summed E-state index contributed by atoms with van der Waals surface area (Å²) in [6.07, 6.45) is 8.52. The molecule has 0 spiro atoms. The summed E-state index contributed by atoms with van der Waals surface area (Å²) in [5.41, 5.74) is 5.74. The van der Waals surface area contributed by atoms with Crippen molar-refractivity contribution in [1.82, 2.24) is 15.0 Å². The molecule has 0 saturated heterocycles. The van der Waals surface area contributed by atoms with Gasteiger partial charge in [0.05, 0.1) is 0 Å². The van der Waals surface area contributed by atoms with Gasteiger partial charge in [0.1, 0.15) is 0 Å². The van der Waals surface area contributed by atoms with E-state index in [1.807, 2.05) is 0 Å². The van der Waals surface area contributed by atoms with E-state index < -0.39 is 0 Å². The average molecular weight is 308 g/mol. The van der Waals surface area contributed by atoms with E-state index in [4.69, 9.17) is 5.73 Å². The van der Waals surface area contributed by atoms with Gasteiger partial charge in [0, 0.05) is 13.1 Å². The molecule has 6 nitrogen and oxygen atoms in total. The molecule has 0 unspecified atom stereocenters. The van der Waals surface area contributed by atoms with Crippen LogP contribution in [0.2, 0.25) is 0 Å². The standard InChI is InChI=1S/C16H32N6/c1-4-5-6-7-8-11-18-15-20-14(17)21-16(22-15)19-12-9-10-13(2)3/h13H,4-12H2,1-3H3,(H4,17,18,19,20,21,22). The predicted molar refractivity (Wildman–Crippen MR) is 94.0 cm³/mol. The Balaban J connectivity index is 2.31. The maximum atomic E-state index is 5.74. The van der Waals surface area contributed by atoms with Gasteiger partial charge in [-0.1, -0.05) is 46.5 Å². The van der Waals surface area contributed by atoms with E-state index in [1.165, 1.54) is 32.1 Å². The molecule has 126 valence electrons. The number of unbranched alkanes of at least 4 members (excludes halogenated alkanes) is 4. The second kappa shape index (κ2) is 11.0. The molecule has 0 bridgehead atoms. The van der Waals surface area contributed by atoms with Gasteiger partial charge in [-0.05, 0) is 25.2 Å². The van der Waals surface area contributed by atoms with Crippen LogP contribution in [0.1, 0.15) is 65.7 Å². The molecular formula is C16H32N6. The van der Waals surface area contributed by atoms with Gasteiger partial charge in [0.15, 0.2) is 0 Å². The molecule has 0 atom stereocenters. The normalized spacial score (nSPS) is 10.9. The first-order valence-electron chi connectivity index (χ1n) is 8.61. The van der Waals surface area contributed by atoms with E-state index in [-0.39, 0.29) is 5.95 Å². The van der Waals surface area contributed by atoms with Crippen LogP contribution in [0.15, 0.2) is 0 Å². The van der Waals surface area contributed by atoms with E-state index in [1.54, 1.807) is 0 Å². The highest BCUT2D eigenvalue weighted by Crippen LogP contribution is 2.09. The summed E-state index contributed by atoms with van der Waals surface area (Å²) < 4.78 is 0.